The minimum Gasteiger partial charge on any atom is -0.312 e. The van der Waals surface area contributed by atoms with Gasteiger partial charge >= 0.3 is 0 Å². The number of benzene rings is 1. The van der Waals surface area contributed by atoms with Crippen molar-refractivity contribution in [3.05, 3.63) is 54.0 Å². The van der Waals surface area contributed by atoms with E-state index >= 15 is 0 Å². The Bertz CT molecular complexity index is 782. The van der Waals surface area contributed by atoms with Gasteiger partial charge in [0.2, 0.25) is 0 Å². The van der Waals surface area contributed by atoms with Crippen molar-refractivity contribution in [3.8, 4) is 11.4 Å². The van der Waals surface area contributed by atoms with Crippen molar-refractivity contribution in [2.45, 2.75) is 13.0 Å². The van der Waals surface area contributed by atoms with Gasteiger partial charge in [-0.3, -0.25) is 4.98 Å². The fraction of sp³-hybridized carbons (Fsp3) is 0.188. The van der Waals surface area contributed by atoms with Gasteiger partial charge in [0, 0.05) is 48.4 Å². The van der Waals surface area contributed by atoms with E-state index < -0.39 is 0 Å². The summed E-state index contributed by atoms with van der Waals surface area (Å²) in [6.45, 7) is 1.86. The van der Waals surface area contributed by atoms with Gasteiger partial charge in [0.15, 0.2) is 5.82 Å². The van der Waals surface area contributed by atoms with E-state index in [-0.39, 0.29) is 0 Å². The quantitative estimate of drug-likeness (QED) is 0.731. The predicted molar refractivity (Wildman–Crippen MR) is 78.2 cm³/mol. The van der Waals surface area contributed by atoms with Crippen molar-refractivity contribution in [3.63, 3.8) is 0 Å². The van der Waals surface area contributed by atoms with Crippen molar-refractivity contribution < 1.29 is 0 Å². The molecule has 0 saturated heterocycles. The molecule has 1 aliphatic rings. The second-order valence-corrected chi connectivity index (χ2v) is 5.00. The third-order valence-electron chi connectivity index (χ3n) is 3.67. The fourth-order valence-corrected chi connectivity index (χ4v) is 2.59. The van der Waals surface area contributed by atoms with Gasteiger partial charge in [0.25, 0.3) is 0 Å². The number of rotatable bonds is 1. The molecule has 0 spiro atoms. The largest absolute Gasteiger partial charge is 0.312 e. The number of hydrogen-bond acceptors (Lipinski definition) is 4. The molecule has 0 fully saturated rings. The van der Waals surface area contributed by atoms with Crippen LogP contribution in [-0.4, -0.2) is 21.5 Å². The summed E-state index contributed by atoms with van der Waals surface area (Å²) in [4.78, 5) is 13.6. The van der Waals surface area contributed by atoms with Crippen LogP contribution in [0.2, 0.25) is 0 Å². The van der Waals surface area contributed by atoms with Crippen LogP contribution in [0.1, 0.15) is 11.3 Å². The number of nitrogens with zero attached hydrogens (tertiary/aromatic N) is 3. The van der Waals surface area contributed by atoms with Gasteiger partial charge in [-0.1, -0.05) is 6.07 Å². The van der Waals surface area contributed by atoms with Gasteiger partial charge in [0.1, 0.15) is 0 Å². The van der Waals surface area contributed by atoms with Gasteiger partial charge in [-0.25, -0.2) is 9.97 Å². The van der Waals surface area contributed by atoms with Crippen LogP contribution in [0.25, 0.3) is 22.3 Å². The first-order chi connectivity index (χ1) is 9.90. The molecule has 0 radical (unpaired) electrons. The molecule has 0 aliphatic carbocycles. The first-order valence-corrected chi connectivity index (χ1v) is 6.81. The summed E-state index contributed by atoms with van der Waals surface area (Å²) in [5.41, 5.74) is 4.42. The summed E-state index contributed by atoms with van der Waals surface area (Å²) < 4.78 is 0. The normalized spacial score (nSPS) is 14.2. The van der Waals surface area contributed by atoms with E-state index in [4.69, 9.17) is 4.98 Å². The summed E-state index contributed by atoms with van der Waals surface area (Å²) in [6, 6.07) is 10.2. The Balaban J connectivity index is 1.82. The molecule has 4 rings (SSSR count). The van der Waals surface area contributed by atoms with Gasteiger partial charge in [-0.2, -0.15) is 0 Å². The van der Waals surface area contributed by atoms with E-state index in [0.717, 1.165) is 41.8 Å². The highest BCUT2D eigenvalue weighted by atomic mass is 14.9. The van der Waals surface area contributed by atoms with E-state index in [1.165, 1.54) is 11.3 Å². The lowest BCUT2D eigenvalue weighted by Gasteiger charge is -2.16. The van der Waals surface area contributed by atoms with Crippen LogP contribution in [0, 0.1) is 0 Å². The van der Waals surface area contributed by atoms with Gasteiger partial charge in [-0.15, -0.1) is 0 Å². The molecule has 0 saturated carbocycles. The van der Waals surface area contributed by atoms with Crippen LogP contribution < -0.4 is 5.32 Å². The minimum atomic E-state index is 0.802. The first kappa shape index (κ1) is 11.5. The summed E-state index contributed by atoms with van der Waals surface area (Å²) in [6.07, 6.45) is 4.72. The lowest BCUT2D eigenvalue weighted by Crippen LogP contribution is -2.24. The predicted octanol–water partition coefficient (Wildman–Crippen LogP) is 2.34. The highest BCUT2D eigenvalue weighted by molar-refractivity contribution is 5.83. The molecule has 0 bridgehead atoms. The second kappa shape index (κ2) is 4.65. The number of pyridine rings is 1. The van der Waals surface area contributed by atoms with Crippen molar-refractivity contribution in [2.24, 2.45) is 0 Å². The molecule has 3 heterocycles. The summed E-state index contributed by atoms with van der Waals surface area (Å²) in [7, 11) is 0. The minimum absolute atomic E-state index is 0.802. The van der Waals surface area contributed by atoms with Crippen molar-refractivity contribution in [1.29, 1.82) is 0 Å². The van der Waals surface area contributed by atoms with E-state index in [0.29, 0.717) is 0 Å². The molecule has 3 aromatic rings. The summed E-state index contributed by atoms with van der Waals surface area (Å²) >= 11 is 0. The SMILES string of the molecule is c1cnc2ccc(-c3ncc4c(n3)CCNC4)cc2c1. The van der Waals surface area contributed by atoms with E-state index in [9.17, 15) is 0 Å². The highest BCUT2D eigenvalue weighted by Gasteiger charge is 2.12. The molecule has 20 heavy (non-hydrogen) atoms. The zero-order chi connectivity index (χ0) is 13.4. The van der Waals surface area contributed by atoms with Gasteiger partial charge < -0.3 is 5.32 Å². The lowest BCUT2D eigenvalue weighted by atomic mass is 10.1. The molecule has 98 valence electrons. The number of aromatic nitrogens is 3. The molecule has 0 atom stereocenters. The van der Waals surface area contributed by atoms with Crippen LogP contribution in [-0.2, 0) is 13.0 Å². The first-order valence-electron chi connectivity index (χ1n) is 6.81. The zero-order valence-electron chi connectivity index (χ0n) is 11.0. The van der Waals surface area contributed by atoms with E-state index in [1.807, 2.05) is 30.6 Å². The monoisotopic (exact) mass is 262 g/mol. The van der Waals surface area contributed by atoms with E-state index in [1.54, 1.807) is 0 Å². The maximum Gasteiger partial charge on any atom is 0.159 e. The molecule has 1 N–H and O–H groups in total. The second-order valence-electron chi connectivity index (χ2n) is 5.00. The maximum atomic E-state index is 4.72. The average Bonchev–Trinajstić information content (AvgIpc) is 2.54. The molecule has 4 nitrogen and oxygen atoms in total. The highest BCUT2D eigenvalue weighted by Crippen LogP contribution is 2.22. The Morgan fingerprint density at radius 3 is 3.10 bits per heavy atom. The Morgan fingerprint density at radius 2 is 2.10 bits per heavy atom. The third-order valence-corrected chi connectivity index (χ3v) is 3.67. The van der Waals surface area contributed by atoms with E-state index in [2.05, 4.69) is 27.4 Å². The topological polar surface area (TPSA) is 50.7 Å². The average molecular weight is 262 g/mol. The van der Waals surface area contributed by atoms with Crippen molar-refractivity contribution >= 4 is 10.9 Å². The van der Waals surface area contributed by atoms with Gasteiger partial charge in [0.05, 0.1) is 11.2 Å². The molecule has 4 heteroatoms. The number of hydrogen-bond donors (Lipinski definition) is 1. The van der Waals surface area contributed by atoms with Crippen LogP contribution in [0.5, 0.6) is 0 Å². The Morgan fingerprint density at radius 1 is 1.10 bits per heavy atom. The Labute approximate surface area is 116 Å². The molecular formula is C16H14N4. The number of fused-ring (bicyclic) bond motifs is 2. The standard InChI is InChI=1S/C16H14N4/c1-2-11-8-12(3-4-14(11)18-6-1)16-19-10-13-9-17-7-5-15(13)20-16/h1-4,6,8,10,17H,5,7,9H2. The van der Waals surface area contributed by atoms with Crippen molar-refractivity contribution in [2.75, 3.05) is 6.54 Å². The molecule has 1 aliphatic heterocycles. The third kappa shape index (κ3) is 1.94. The van der Waals surface area contributed by atoms with Crippen LogP contribution >= 0.6 is 0 Å². The Hall–Kier alpha value is -2.33. The maximum absolute atomic E-state index is 4.72. The van der Waals surface area contributed by atoms with Crippen LogP contribution in [0.15, 0.2) is 42.7 Å². The molecular weight excluding hydrogens is 248 g/mol. The summed E-state index contributed by atoms with van der Waals surface area (Å²) in [5, 5.41) is 4.45. The Kier molecular flexibility index (Phi) is 2.67. The van der Waals surface area contributed by atoms with Crippen LogP contribution in [0.3, 0.4) is 0 Å². The lowest BCUT2D eigenvalue weighted by molar-refractivity contribution is 0.626. The van der Waals surface area contributed by atoms with Crippen molar-refractivity contribution in [1.82, 2.24) is 20.3 Å². The molecule has 2 aromatic heterocycles. The molecule has 0 amide bonds. The van der Waals surface area contributed by atoms with Crippen LogP contribution in [0.4, 0.5) is 0 Å². The summed E-state index contributed by atoms with van der Waals surface area (Å²) in [5.74, 6) is 0.802. The molecule has 1 aromatic carbocycles. The smallest absolute Gasteiger partial charge is 0.159 e. The number of nitrogens with one attached hydrogen (secondary N) is 1. The van der Waals surface area contributed by atoms with Gasteiger partial charge in [-0.05, 0) is 24.3 Å². The molecule has 0 unspecified atom stereocenters. The fourth-order valence-electron chi connectivity index (χ4n) is 2.59. The zero-order valence-corrected chi connectivity index (χ0v) is 11.0.